The van der Waals surface area contributed by atoms with Gasteiger partial charge < -0.3 is 19.1 Å². The molecule has 27 heavy (non-hydrogen) atoms. The summed E-state index contributed by atoms with van der Waals surface area (Å²) in [6.45, 7) is 4.53. The van der Waals surface area contributed by atoms with Crippen molar-refractivity contribution in [3.8, 4) is 18.2 Å². The molecule has 0 amide bonds. The number of likely N-dealkylation sites (tertiary alicyclic amines) is 1. The molecule has 2 heterocycles. The van der Waals surface area contributed by atoms with Crippen LogP contribution in [-0.4, -0.2) is 61.8 Å². The fraction of sp³-hybridized carbons (Fsp3) is 0.524. The number of aromatic nitrogens is 1. The molecule has 3 rings (SSSR count). The number of pyridine rings is 1. The number of ketones is 1. The molecule has 0 unspecified atom stereocenters. The van der Waals surface area contributed by atoms with Crippen molar-refractivity contribution in [2.75, 3.05) is 40.5 Å². The Bertz CT molecular complexity index is 786. The molecule has 1 aliphatic carbocycles. The lowest BCUT2D eigenvalue weighted by molar-refractivity contribution is -0.114. The third kappa shape index (κ3) is 4.00. The van der Waals surface area contributed by atoms with E-state index in [0.29, 0.717) is 24.7 Å². The van der Waals surface area contributed by atoms with Gasteiger partial charge in [-0.1, -0.05) is 12.0 Å². The fourth-order valence-corrected chi connectivity index (χ4v) is 3.50. The number of rotatable bonds is 6. The summed E-state index contributed by atoms with van der Waals surface area (Å²) >= 11 is 0. The third-order valence-corrected chi connectivity index (χ3v) is 5.36. The minimum Gasteiger partial charge on any atom is -0.475 e. The van der Waals surface area contributed by atoms with Crippen molar-refractivity contribution in [2.24, 2.45) is 0 Å². The Labute approximate surface area is 160 Å². The van der Waals surface area contributed by atoms with Crippen LogP contribution >= 0.6 is 0 Å². The quantitative estimate of drug-likeness (QED) is 0.564. The summed E-state index contributed by atoms with van der Waals surface area (Å²) in [7, 11) is 3.37. The molecular weight excluding hydrogens is 344 g/mol. The summed E-state index contributed by atoms with van der Waals surface area (Å²) in [6.07, 6.45) is 7.70. The molecule has 1 aromatic heterocycles. The van der Waals surface area contributed by atoms with Crippen molar-refractivity contribution in [2.45, 2.75) is 31.8 Å². The Kier molecular flexibility index (Phi) is 5.83. The van der Waals surface area contributed by atoms with Crippen LogP contribution in [0, 0.1) is 12.3 Å². The van der Waals surface area contributed by atoms with Crippen LogP contribution in [0.25, 0.3) is 5.70 Å². The number of methoxy groups -OCH3 is 2. The van der Waals surface area contributed by atoms with Crippen LogP contribution < -0.4 is 4.74 Å². The molecule has 6 heteroatoms. The molecule has 2 aliphatic rings. The number of nitrogens with zero attached hydrogens (tertiary/aromatic N) is 2. The molecule has 0 saturated carbocycles. The minimum absolute atomic E-state index is 0.0325. The van der Waals surface area contributed by atoms with Crippen LogP contribution in [0.4, 0.5) is 0 Å². The van der Waals surface area contributed by atoms with Gasteiger partial charge in [0.25, 0.3) is 0 Å². The van der Waals surface area contributed by atoms with Gasteiger partial charge in [-0.25, -0.2) is 4.98 Å². The summed E-state index contributed by atoms with van der Waals surface area (Å²) in [4.78, 5) is 19.4. The van der Waals surface area contributed by atoms with Crippen molar-refractivity contribution >= 4 is 11.5 Å². The average Bonchev–Trinajstić information content (AvgIpc) is 2.68. The standard InChI is InChI=1S/C21H26N2O4/c1-5-16-17(24)14-15-6-7-18(27-13-12-25-3)22-19(15)20(16)23-10-8-21(2,26-4)9-11-23/h1,6-7H,8-14H2,2-4H3. The van der Waals surface area contributed by atoms with Crippen LogP contribution in [0.1, 0.15) is 31.0 Å². The van der Waals surface area contributed by atoms with Gasteiger partial charge in [0.05, 0.1) is 29.2 Å². The number of terminal acetylenes is 1. The normalized spacial score (nSPS) is 18.9. The van der Waals surface area contributed by atoms with Gasteiger partial charge in [0.2, 0.25) is 5.88 Å². The van der Waals surface area contributed by atoms with Crippen molar-refractivity contribution in [1.29, 1.82) is 0 Å². The predicted octanol–water partition coefficient (Wildman–Crippen LogP) is 2.08. The minimum atomic E-state index is -0.145. The molecule has 1 aromatic rings. The first-order valence-corrected chi connectivity index (χ1v) is 9.17. The van der Waals surface area contributed by atoms with Crippen LogP contribution in [0.2, 0.25) is 0 Å². The van der Waals surface area contributed by atoms with Gasteiger partial charge in [-0.3, -0.25) is 4.79 Å². The first-order chi connectivity index (χ1) is 13.0. The number of allylic oxidation sites excluding steroid dienone is 1. The van der Waals surface area contributed by atoms with Gasteiger partial charge in [0.15, 0.2) is 5.78 Å². The highest BCUT2D eigenvalue weighted by Crippen LogP contribution is 2.36. The lowest BCUT2D eigenvalue weighted by atomic mass is 9.88. The number of fused-ring (bicyclic) bond motifs is 1. The van der Waals surface area contributed by atoms with E-state index >= 15 is 0 Å². The largest absolute Gasteiger partial charge is 0.475 e. The summed E-state index contributed by atoms with van der Waals surface area (Å²) < 4.78 is 16.3. The number of ether oxygens (including phenoxy) is 3. The second-order valence-corrected chi connectivity index (χ2v) is 7.11. The Morgan fingerprint density at radius 2 is 2.00 bits per heavy atom. The number of piperidine rings is 1. The molecule has 0 aromatic carbocycles. The smallest absolute Gasteiger partial charge is 0.213 e. The lowest BCUT2D eigenvalue weighted by Gasteiger charge is -2.41. The van der Waals surface area contributed by atoms with Gasteiger partial charge in [-0.15, -0.1) is 6.42 Å². The highest BCUT2D eigenvalue weighted by atomic mass is 16.5. The van der Waals surface area contributed by atoms with Gasteiger partial charge in [-0.05, 0) is 25.3 Å². The predicted molar refractivity (Wildman–Crippen MR) is 102 cm³/mol. The fourth-order valence-electron chi connectivity index (χ4n) is 3.50. The SMILES string of the molecule is C#CC1=C(N2CCC(C)(OC)CC2)c2nc(OCCOC)ccc2CC1=O. The highest BCUT2D eigenvalue weighted by molar-refractivity contribution is 6.09. The van der Waals surface area contributed by atoms with Gasteiger partial charge in [0.1, 0.15) is 6.61 Å². The Hall–Kier alpha value is -2.36. The Morgan fingerprint density at radius 3 is 2.63 bits per heavy atom. The Balaban J connectivity index is 1.94. The van der Waals surface area contributed by atoms with E-state index in [0.717, 1.165) is 42.9 Å². The van der Waals surface area contributed by atoms with Crippen molar-refractivity contribution < 1.29 is 19.0 Å². The average molecular weight is 370 g/mol. The third-order valence-electron chi connectivity index (χ3n) is 5.36. The van der Waals surface area contributed by atoms with Crippen LogP contribution in [0.3, 0.4) is 0 Å². The van der Waals surface area contributed by atoms with E-state index in [1.807, 2.05) is 6.07 Å². The monoisotopic (exact) mass is 370 g/mol. The molecule has 6 nitrogen and oxygen atoms in total. The second-order valence-electron chi connectivity index (χ2n) is 7.11. The molecule has 1 saturated heterocycles. The number of hydrogen-bond acceptors (Lipinski definition) is 6. The van der Waals surface area contributed by atoms with E-state index in [1.54, 1.807) is 20.3 Å². The first-order valence-electron chi connectivity index (χ1n) is 9.17. The molecule has 0 bridgehead atoms. The van der Waals surface area contributed by atoms with E-state index in [4.69, 9.17) is 20.6 Å². The number of Topliss-reactive ketones (excluding diaryl/α,β-unsaturated/α-hetero) is 1. The van der Waals surface area contributed by atoms with Gasteiger partial charge in [0, 0.05) is 39.8 Å². The van der Waals surface area contributed by atoms with Crippen LogP contribution in [-0.2, 0) is 20.7 Å². The maximum absolute atomic E-state index is 12.6. The first kappa shape index (κ1) is 19.4. The molecule has 0 atom stereocenters. The molecule has 0 N–H and O–H groups in total. The van der Waals surface area contributed by atoms with Crippen molar-refractivity contribution in [3.05, 3.63) is 29.0 Å². The molecule has 144 valence electrons. The highest BCUT2D eigenvalue weighted by Gasteiger charge is 2.35. The van der Waals surface area contributed by atoms with E-state index in [-0.39, 0.29) is 17.8 Å². The topological polar surface area (TPSA) is 60.9 Å². The molecule has 0 spiro atoms. The van der Waals surface area contributed by atoms with E-state index in [1.165, 1.54) is 0 Å². The van der Waals surface area contributed by atoms with Crippen LogP contribution in [0.5, 0.6) is 5.88 Å². The lowest BCUT2D eigenvalue weighted by Crippen LogP contribution is -2.44. The Morgan fingerprint density at radius 1 is 1.26 bits per heavy atom. The number of carbonyl (C=O) groups is 1. The zero-order valence-corrected chi connectivity index (χ0v) is 16.2. The van der Waals surface area contributed by atoms with Crippen molar-refractivity contribution in [1.82, 2.24) is 9.88 Å². The van der Waals surface area contributed by atoms with Gasteiger partial charge in [-0.2, -0.15) is 0 Å². The molecule has 1 aliphatic heterocycles. The number of carbonyl (C=O) groups excluding carboxylic acids is 1. The maximum Gasteiger partial charge on any atom is 0.213 e. The van der Waals surface area contributed by atoms with Crippen molar-refractivity contribution in [3.63, 3.8) is 0 Å². The van der Waals surface area contributed by atoms with E-state index in [2.05, 4.69) is 22.7 Å². The second kappa shape index (κ2) is 8.12. The van der Waals surface area contributed by atoms with Crippen LogP contribution in [0.15, 0.2) is 17.7 Å². The molecule has 1 fully saturated rings. The zero-order valence-electron chi connectivity index (χ0n) is 16.2. The summed E-state index contributed by atoms with van der Waals surface area (Å²) in [6, 6.07) is 3.69. The van der Waals surface area contributed by atoms with E-state index < -0.39 is 0 Å². The maximum atomic E-state index is 12.6. The summed E-state index contributed by atoms with van der Waals surface area (Å²) in [5, 5.41) is 0. The van der Waals surface area contributed by atoms with Gasteiger partial charge >= 0.3 is 0 Å². The zero-order chi connectivity index (χ0) is 19.4. The molecular formula is C21H26N2O4. The van der Waals surface area contributed by atoms with E-state index in [9.17, 15) is 4.79 Å². The number of hydrogen-bond donors (Lipinski definition) is 0. The molecule has 0 radical (unpaired) electrons. The summed E-state index contributed by atoms with van der Waals surface area (Å²) in [5.74, 6) is 3.08. The summed E-state index contributed by atoms with van der Waals surface area (Å²) in [5.41, 5.74) is 2.64.